The highest BCUT2D eigenvalue weighted by Gasteiger charge is 2.64. The van der Waals surface area contributed by atoms with Gasteiger partial charge < -0.3 is 18.9 Å². The Bertz CT molecular complexity index is 3820. The molecule has 4 saturated carbocycles. The van der Waals surface area contributed by atoms with Gasteiger partial charge in [-0.05, 0) is 211 Å². The number of nitrogens with zero attached hydrogens (tertiary/aromatic N) is 2. The van der Waals surface area contributed by atoms with Gasteiger partial charge in [0.1, 0.15) is 47.2 Å². The van der Waals surface area contributed by atoms with Crippen LogP contribution in [0.3, 0.4) is 0 Å². The second kappa shape index (κ2) is 20.8. The second-order valence-electron chi connectivity index (χ2n) is 24.3. The van der Waals surface area contributed by atoms with Gasteiger partial charge in [-0.3, -0.25) is 24.1 Å². The summed E-state index contributed by atoms with van der Waals surface area (Å²) in [6.07, 6.45) is 6.70. The van der Waals surface area contributed by atoms with Crippen molar-refractivity contribution in [3.05, 3.63) is 245 Å². The van der Waals surface area contributed by atoms with Crippen LogP contribution < -0.4 is 28.7 Å². The summed E-state index contributed by atoms with van der Waals surface area (Å²) in [7, 11) is 0. The minimum absolute atomic E-state index is 0.0356. The van der Waals surface area contributed by atoms with Gasteiger partial charge in [0, 0.05) is 5.41 Å². The molecule has 10 heteroatoms. The molecule has 2 heterocycles. The number of carbonyl (C=O) groups excluding carboxylic acids is 4. The van der Waals surface area contributed by atoms with Gasteiger partial charge in [-0.25, -0.2) is 4.90 Å². The van der Waals surface area contributed by atoms with Gasteiger partial charge in [-0.15, -0.1) is 0 Å². The number of aryl methyl sites for hydroxylation is 1. The van der Waals surface area contributed by atoms with Crippen LogP contribution in [0.4, 0.5) is 11.4 Å². The molecule has 0 N–H and O–H groups in total. The molecule has 4 amide bonds. The van der Waals surface area contributed by atoms with Crippen LogP contribution in [-0.4, -0.2) is 29.7 Å². The van der Waals surface area contributed by atoms with E-state index in [1.807, 2.05) is 103 Å². The Hall–Kier alpha value is -9.02. The molecule has 8 aromatic rings. The standard InChI is InChI=1S/C73H64N2O8/c1-5-44-8-10-45(11-9-44)42-80-55-30-20-53(21-31-55)74-69(76)61-35-34-60(41-65(61)70(74)77)83-66-40-48-36-49(66)37-62(48)46-12-14-47(15-13-46)63-38-50-39-64(63)68-67(50)71(78)75(72(68)79)54-22-32-59(33-23-54)82-58-28-18-52(19-29-58)73(3,4)51-16-26-57(27-17-51)81-56-24-6-43(2)7-25-56/h5-35,41,48-50,62-64,66-68H,1,36-40,42H2,2-4H3. The summed E-state index contributed by atoms with van der Waals surface area (Å²) in [5.74, 6) is 4.58. The Labute approximate surface area is 484 Å². The largest absolute Gasteiger partial charge is 0.490 e. The minimum Gasteiger partial charge on any atom is -0.490 e. The van der Waals surface area contributed by atoms with Crippen LogP contribution >= 0.6 is 0 Å². The van der Waals surface area contributed by atoms with E-state index in [1.54, 1.807) is 42.5 Å². The van der Waals surface area contributed by atoms with Crippen molar-refractivity contribution < 1.29 is 38.1 Å². The van der Waals surface area contributed by atoms with Crippen LogP contribution in [0, 0.1) is 42.4 Å². The minimum atomic E-state index is -0.365. The number of hydrogen-bond donors (Lipinski definition) is 0. The number of fused-ring (bicyclic) bond motifs is 8. The fourth-order valence-corrected chi connectivity index (χ4v) is 14.8. The maximum atomic E-state index is 14.3. The van der Waals surface area contributed by atoms with Gasteiger partial charge in [0.2, 0.25) is 11.8 Å². The summed E-state index contributed by atoms with van der Waals surface area (Å²) in [4.78, 5) is 58.5. The molecule has 4 aliphatic carbocycles. The molecule has 414 valence electrons. The van der Waals surface area contributed by atoms with E-state index in [-0.39, 0.29) is 64.7 Å². The topological polar surface area (TPSA) is 112 Å². The molecule has 0 spiro atoms. The lowest BCUT2D eigenvalue weighted by atomic mass is 9.72. The predicted octanol–water partition coefficient (Wildman–Crippen LogP) is 15.8. The Morgan fingerprint density at radius 3 is 1.60 bits per heavy atom. The van der Waals surface area contributed by atoms with Crippen molar-refractivity contribution in [1.29, 1.82) is 0 Å². The van der Waals surface area contributed by atoms with Gasteiger partial charge in [0.05, 0.1) is 34.3 Å². The van der Waals surface area contributed by atoms with Crippen LogP contribution in [0.5, 0.6) is 34.5 Å². The first-order valence-electron chi connectivity index (χ1n) is 29.2. The molecular formula is C73H64N2O8. The molecule has 8 aromatic carbocycles. The molecule has 5 fully saturated rings. The molecule has 2 aliphatic heterocycles. The van der Waals surface area contributed by atoms with E-state index in [9.17, 15) is 19.2 Å². The van der Waals surface area contributed by atoms with Gasteiger partial charge in [0.25, 0.3) is 11.8 Å². The monoisotopic (exact) mass is 1100 g/mol. The molecule has 83 heavy (non-hydrogen) atoms. The average molecular weight is 1100 g/mol. The van der Waals surface area contributed by atoms with E-state index >= 15 is 0 Å². The third-order valence-electron chi connectivity index (χ3n) is 19.2. The van der Waals surface area contributed by atoms with Gasteiger partial charge in [0.15, 0.2) is 0 Å². The van der Waals surface area contributed by atoms with Crippen molar-refractivity contribution in [3.63, 3.8) is 0 Å². The van der Waals surface area contributed by atoms with E-state index < -0.39 is 0 Å². The molecule has 14 rings (SSSR count). The highest BCUT2D eigenvalue weighted by Crippen LogP contribution is 2.62. The fraction of sp³-hybridized carbons (Fsp3) is 0.260. The van der Waals surface area contributed by atoms with E-state index in [0.717, 1.165) is 60.3 Å². The predicted molar refractivity (Wildman–Crippen MR) is 321 cm³/mol. The number of benzene rings is 8. The van der Waals surface area contributed by atoms with Crippen molar-refractivity contribution in [1.82, 2.24) is 0 Å². The Kier molecular flexibility index (Phi) is 13.0. The highest BCUT2D eigenvalue weighted by molar-refractivity contribution is 6.34. The zero-order valence-corrected chi connectivity index (χ0v) is 46.8. The first-order chi connectivity index (χ1) is 40.3. The van der Waals surface area contributed by atoms with Crippen molar-refractivity contribution in [2.45, 2.75) is 82.8 Å². The molecule has 1 saturated heterocycles. The van der Waals surface area contributed by atoms with Crippen molar-refractivity contribution in [2.75, 3.05) is 9.80 Å². The van der Waals surface area contributed by atoms with E-state index in [4.69, 9.17) is 18.9 Å². The quantitative estimate of drug-likeness (QED) is 0.0880. The van der Waals surface area contributed by atoms with Crippen molar-refractivity contribution in [3.8, 4) is 34.5 Å². The zero-order chi connectivity index (χ0) is 56.7. The Balaban J connectivity index is 0.564. The number of anilines is 2. The summed E-state index contributed by atoms with van der Waals surface area (Å²) < 4.78 is 25.0. The maximum absolute atomic E-state index is 14.3. The third kappa shape index (κ3) is 9.48. The summed E-state index contributed by atoms with van der Waals surface area (Å²) in [6, 6.07) is 61.2. The smallest absolute Gasteiger partial charge is 0.266 e. The van der Waals surface area contributed by atoms with Crippen LogP contribution in [0.2, 0.25) is 0 Å². The van der Waals surface area contributed by atoms with Crippen LogP contribution in [0.25, 0.3) is 6.08 Å². The first kappa shape index (κ1) is 52.1. The number of imide groups is 2. The van der Waals surface area contributed by atoms with E-state index in [1.165, 1.54) is 32.1 Å². The highest BCUT2D eigenvalue weighted by atomic mass is 16.5. The number of ether oxygens (including phenoxy) is 4. The summed E-state index contributed by atoms with van der Waals surface area (Å²) in [5, 5.41) is 0. The fourth-order valence-electron chi connectivity index (χ4n) is 14.8. The van der Waals surface area contributed by atoms with E-state index in [0.29, 0.717) is 69.9 Å². The first-order valence-corrected chi connectivity index (χ1v) is 29.2. The Morgan fingerprint density at radius 1 is 0.494 bits per heavy atom. The lowest BCUT2D eigenvalue weighted by Crippen LogP contribution is -2.32. The molecule has 0 radical (unpaired) electrons. The molecule has 10 nitrogen and oxygen atoms in total. The van der Waals surface area contributed by atoms with Gasteiger partial charge in [-0.2, -0.15) is 0 Å². The molecule has 4 bridgehead atoms. The number of hydrogen-bond acceptors (Lipinski definition) is 8. The average Bonchev–Trinajstić information content (AvgIpc) is 4.27. The molecule has 6 aliphatic rings. The maximum Gasteiger partial charge on any atom is 0.266 e. The van der Waals surface area contributed by atoms with Crippen LogP contribution in [0.1, 0.15) is 117 Å². The third-order valence-corrected chi connectivity index (χ3v) is 19.2. The van der Waals surface area contributed by atoms with Crippen LogP contribution in [-0.2, 0) is 21.6 Å². The molecule has 9 atom stereocenters. The van der Waals surface area contributed by atoms with E-state index in [2.05, 4.69) is 75.9 Å². The molecule has 0 aromatic heterocycles. The second-order valence-corrected chi connectivity index (χ2v) is 24.3. The van der Waals surface area contributed by atoms with Gasteiger partial charge >= 0.3 is 0 Å². The number of carbonyl (C=O) groups is 4. The van der Waals surface area contributed by atoms with Crippen LogP contribution in [0.15, 0.2) is 195 Å². The molecular weight excluding hydrogens is 1030 g/mol. The summed E-state index contributed by atoms with van der Waals surface area (Å²) >= 11 is 0. The zero-order valence-electron chi connectivity index (χ0n) is 46.8. The van der Waals surface area contributed by atoms with Crippen molar-refractivity contribution in [2.24, 2.45) is 35.5 Å². The summed E-state index contributed by atoms with van der Waals surface area (Å²) in [6.45, 7) is 10.7. The summed E-state index contributed by atoms with van der Waals surface area (Å²) in [5.41, 5.74) is 9.70. The number of rotatable bonds is 16. The lowest BCUT2D eigenvalue weighted by molar-refractivity contribution is -0.123. The van der Waals surface area contributed by atoms with Gasteiger partial charge in [-0.1, -0.05) is 117 Å². The Morgan fingerprint density at radius 2 is 1.01 bits per heavy atom. The van der Waals surface area contributed by atoms with Crippen molar-refractivity contribution >= 4 is 41.1 Å². The normalized spacial score (nSPS) is 23.9. The number of amides is 4. The lowest BCUT2D eigenvalue weighted by Gasteiger charge is -2.30. The SMILES string of the molecule is C=Cc1ccc(COc2ccc(N3C(=O)c4ccc(OC5CC6CC5CC6c5ccc(C6CC7CC6C6C(=O)N(c8ccc(Oc9ccc(C(C)(C)c%10ccc(Oc%11ccc(C)cc%11)cc%10)cc9)cc8)C(=O)C76)cc5)cc4C3=O)cc2)cc1. The molecule has 9 unspecified atom stereocenters.